The number of halogens is 2. The number of hydrogen-bond donors (Lipinski definition) is 1. The van der Waals surface area contributed by atoms with E-state index in [0.717, 1.165) is 31.4 Å². The number of amides is 1. The molecule has 1 amide bonds. The van der Waals surface area contributed by atoms with Gasteiger partial charge in [0.2, 0.25) is 11.2 Å². The van der Waals surface area contributed by atoms with E-state index < -0.39 is 0 Å². The molecule has 0 aliphatic heterocycles. The topological polar surface area (TPSA) is 54.9 Å². The van der Waals surface area contributed by atoms with Crippen LogP contribution in [0.2, 0.25) is 10.3 Å². The Labute approximate surface area is 151 Å². The van der Waals surface area contributed by atoms with E-state index in [2.05, 4.69) is 33.5 Å². The molecule has 2 unspecified atom stereocenters. The molecule has 1 aromatic carbocycles. The average molecular weight is 364 g/mol. The smallest absolute Gasteiger partial charge is 0.222 e. The van der Waals surface area contributed by atoms with Crippen molar-refractivity contribution in [1.82, 2.24) is 15.3 Å². The molecule has 24 heavy (non-hydrogen) atoms. The molecule has 1 aromatic heterocycles. The fourth-order valence-electron chi connectivity index (χ4n) is 3.45. The Balaban J connectivity index is 1.66. The van der Waals surface area contributed by atoms with Crippen LogP contribution in [0.1, 0.15) is 42.6 Å². The summed E-state index contributed by atoms with van der Waals surface area (Å²) < 4.78 is 0. The van der Waals surface area contributed by atoms with E-state index in [1.807, 2.05) is 6.07 Å². The van der Waals surface area contributed by atoms with Gasteiger partial charge in [-0.1, -0.05) is 35.9 Å². The average Bonchev–Trinajstić information content (AvgIpc) is 2.88. The number of fused-ring (bicyclic) bond motifs is 1. The predicted molar refractivity (Wildman–Crippen MR) is 95.2 cm³/mol. The predicted octanol–water partition coefficient (Wildman–Crippen LogP) is 4.16. The third kappa shape index (κ3) is 3.87. The van der Waals surface area contributed by atoms with Crippen LogP contribution in [0, 0.1) is 5.92 Å². The maximum Gasteiger partial charge on any atom is 0.222 e. The molecule has 0 radical (unpaired) electrons. The highest BCUT2D eigenvalue weighted by Gasteiger charge is 2.32. The van der Waals surface area contributed by atoms with Crippen molar-refractivity contribution in [1.29, 1.82) is 0 Å². The van der Waals surface area contributed by atoms with Crippen molar-refractivity contribution in [2.75, 3.05) is 0 Å². The number of nitrogens with one attached hydrogen (secondary N) is 1. The van der Waals surface area contributed by atoms with Gasteiger partial charge in [-0.15, -0.1) is 0 Å². The molecule has 2 atom stereocenters. The lowest BCUT2D eigenvalue weighted by Crippen LogP contribution is -2.29. The molecular weight excluding hydrogens is 345 g/mol. The molecule has 1 N–H and O–H groups in total. The van der Waals surface area contributed by atoms with E-state index in [4.69, 9.17) is 23.2 Å². The van der Waals surface area contributed by atoms with Gasteiger partial charge in [-0.3, -0.25) is 4.79 Å². The number of benzene rings is 1. The molecule has 1 aliphatic carbocycles. The highest BCUT2D eigenvalue weighted by atomic mass is 35.5. The van der Waals surface area contributed by atoms with Crippen molar-refractivity contribution in [2.45, 2.75) is 38.6 Å². The first-order chi connectivity index (χ1) is 11.5. The molecule has 0 saturated carbocycles. The van der Waals surface area contributed by atoms with Crippen LogP contribution in [-0.4, -0.2) is 15.9 Å². The van der Waals surface area contributed by atoms with Crippen LogP contribution in [0.3, 0.4) is 0 Å². The zero-order valence-electron chi connectivity index (χ0n) is 13.4. The lowest BCUT2D eigenvalue weighted by atomic mass is 9.94. The lowest BCUT2D eigenvalue weighted by molar-refractivity contribution is -0.120. The van der Waals surface area contributed by atoms with Crippen molar-refractivity contribution in [2.24, 2.45) is 5.92 Å². The minimum absolute atomic E-state index is 0.00679. The molecule has 1 aliphatic rings. The number of hydrogen-bond acceptors (Lipinski definition) is 3. The summed E-state index contributed by atoms with van der Waals surface area (Å²) in [5.41, 5.74) is 3.34. The molecule has 126 valence electrons. The normalized spacial score (nSPS) is 19.1. The Morgan fingerprint density at radius 3 is 2.92 bits per heavy atom. The van der Waals surface area contributed by atoms with Gasteiger partial charge in [-0.25, -0.2) is 9.97 Å². The van der Waals surface area contributed by atoms with Crippen LogP contribution in [-0.2, 0) is 17.6 Å². The molecule has 0 fully saturated rings. The van der Waals surface area contributed by atoms with Crippen LogP contribution < -0.4 is 5.32 Å². The van der Waals surface area contributed by atoms with E-state index >= 15 is 0 Å². The summed E-state index contributed by atoms with van der Waals surface area (Å²) in [6.07, 6.45) is 5.19. The van der Waals surface area contributed by atoms with Crippen molar-refractivity contribution >= 4 is 29.1 Å². The van der Waals surface area contributed by atoms with Crippen molar-refractivity contribution < 1.29 is 4.79 Å². The van der Waals surface area contributed by atoms with E-state index in [-0.39, 0.29) is 17.2 Å². The van der Waals surface area contributed by atoms with Gasteiger partial charge in [0, 0.05) is 6.92 Å². The Hall–Kier alpha value is -1.65. The zero-order valence-corrected chi connectivity index (χ0v) is 14.9. The number of carbonyl (C=O) groups excluding carboxylic acids is 1. The number of carbonyl (C=O) groups is 1. The summed E-state index contributed by atoms with van der Waals surface area (Å²) in [7, 11) is 0. The summed E-state index contributed by atoms with van der Waals surface area (Å²) in [5, 5.41) is 3.88. The second kappa shape index (κ2) is 7.49. The van der Waals surface area contributed by atoms with E-state index in [1.54, 1.807) is 6.92 Å². The number of rotatable bonds is 5. The number of aryl methyl sites for hydroxylation is 1. The molecule has 0 spiro atoms. The summed E-state index contributed by atoms with van der Waals surface area (Å²) >= 11 is 12.0. The Morgan fingerprint density at radius 1 is 1.33 bits per heavy atom. The lowest BCUT2D eigenvalue weighted by Gasteiger charge is -2.21. The zero-order chi connectivity index (χ0) is 17.1. The van der Waals surface area contributed by atoms with Gasteiger partial charge in [0.1, 0.15) is 0 Å². The highest BCUT2D eigenvalue weighted by Crippen LogP contribution is 2.38. The summed E-state index contributed by atoms with van der Waals surface area (Å²) in [4.78, 5) is 19.6. The molecule has 4 nitrogen and oxygen atoms in total. The van der Waals surface area contributed by atoms with Gasteiger partial charge < -0.3 is 5.32 Å². The molecule has 0 saturated heterocycles. The third-order valence-corrected chi connectivity index (χ3v) is 4.98. The molecule has 2 aromatic rings. The number of nitrogens with zero attached hydrogens (tertiary/aromatic N) is 2. The van der Waals surface area contributed by atoms with Gasteiger partial charge in [0.05, 0.1) is 23.0 Å². The summed E-state index contributed by atoms with van der Waals surface area (Å²) in [6, 6.07) is 8.42. The van der Waals surface area contributed by atoms with Crippen molar-refractivity contribution in [3.05, 3.63) is 57.6 Å². The van der Waals surface area contributed by atoms with Crippen molar-refractivity contribution in [3.63, 3.8) is 0 Å². The quantitative estimate of drug-likeness (QED) is 0.811. The monoisotopic (exact) mass is 363 g/mol. The standard InChI is InChI=1S/C18H19Cl2N3O/c1-11(24)22-17-13(9-12-5-2-3-7-14(12)17)6-4-8-16-15(19)10-21-18(20)23-16/h2-3,5,7,10,13,17H,4,6,8-9H2,1H3,(H,22,24). The Morgan fingerprint density at radius 2 is 2.12 bits per heavy atom. The maximum atomic E-state index is 11.6. The summed E-state index contributed by atoms with van der Waals surface area (Å²) in [5.74, 6) is 0.398. The molecule has 1 heterocycles. The van der Waals surface area contributed by atoms with Gasteiger partial charge in [0.15, 0.2) is 0 Å². The van der Waals surface area contributed by atoms with Crippen molar-refractivity contribution in [3.8, 4) is 0 Å². The fraction of sp³-hybridized carbons (Fsp3) is 0.389. The minimum Gasteiger partial charge on any atom is -0.349 e. The van der Waals surface area contributed by atoms with Crippen LogP contribution in [0.4, 0.5) is 0 Å². The summed E-state index contributed by atoms with van der Waals surface area (Å²) in [6.45, 7) is 1.57. The third-order valence-electron chi connectivity index (χ3n) is 4.48. The van der Waals surface area contributed by atoms with Gasteiger partial charge in [-0.05, 0) is 54.3 Å². The SMILES string of the molecule is CC(=O)NC1c2ccccc2CC1CCCc1nc(Cl)ncc1Cl. The molecule has 0 bridgehead atoms. The van der Waals surface area contributed by atoms with Gasteiger partial charge in [0.25, 0.3) is 0 Å². The van der Waals surface area contributed by atoms with Gasteiger partial charge in [-0.2, -0.15) is 0 Å². The second-order valence-corrected chi connectivity index (χ2v) is 6.91. The van der Waals surface area contributed by atoms with Gasteiger partial charge >= 0.3 is 0 Å². The Bertz CT molecular complexity index is 751. The number of aromatic nitrogens is 2. The fourth-order valence-corrected chi connectivity index (χ4v) is 3.78. The molecule has 3 rings (SSSR count). The highest BCUT2D eigenvalue weighted by molar-refractivity contribution is 6.31. The first-order valence-corrected chi connectivity index (χ1v) is 8.82. The first kappa shape index (κ1) is 17.2. The first-order valence-electron chi connectivity index (χ1n) is 8.06. The van der Waals surface area contributed by atoms with E-state index in [9.17, 15) is 4.79 Å². The largest absolute Gasteiger partial charge is 0.349 e. The second-order valence-electron chi connectivity index (χ2n) is 6.17. The molecule has 6 heteroatoms. The van der Waals surface area contributed by atoms with Crippen LogP contribution in [0.15, 0.2) is 30.5 Å². The minimum atomic E-state index is 0.00679. The maximum absolute atomic E-state index is 11.6. The molecular formula is C18H19Cl2N3O. The van der Waals surface area contributed by atoms with E-state index in [1.165, 1.54) is 17.3 Å². The Kier molecular flexibility index (Phi) is 5.36. The van der Waals surface area contributed by atoms with Crippen LogP contribution in [0.25, 0.3) is 0 Å². The van der Waals surface area contributed by atoms with Crippen LogP contribution in [0.5, 0.6) is 0 Å². The van der Waals surface area contributed by atoms with Crippen LogP contribution >= 0.6 is 23.2 Å². The van der Waals surface area contributed by atoms with E-state index in [0.29, 0.717) is 10.9 Å².